The molecule has 11 heavy (non-hydrogen) atoms. The second-order valence-electron chi connectivity index (χ2n) is 2.88. The molecule has 0 aromatic rings. The Labute approximate surface area is 84.1 Å². The minimum absolute atomic E-state index is 0.590. The van der Waals surface area contributed by atoms with E-state index in [-0.39, 0.29) is 0 Å². The first-order valence-electron chi connectivity index (χ1n) is 4.25. The molecule has 0 saturated carbocycles. The fraction of sp³-hybridized carbons (Fsp3) is 0.778. The highest BCUT2D eigenvalue weighted by Crippen LogP contribution is 2.13. The molecule has 0 aromatic heterocycles. The molecule has 0 radical (unpaired) electrons. The van der Waals surface area contributed by atoms with Crippen LogP contribution in [0.1, 0.15) is 33.6 Å². The summed E-state index contributed by atoms with van der Waals surface area (Å²) in [5, 5.41) is 0. The maximum absolute atomic E-state index is 3.25. The number of nitrogens with one attached hydrogen (secondary N) is 1. The summed E-state index contributed by atoms with van der Waals surface area (Å²) < 4.78 is 3.25. The van der Waals surface area contributed by atoms with Gasteiger partial charge in [-0.15, -0.1) is 0 Å². The zero-order valence-electron chi connectivity index (χ0n) is 7.60. The Bertz CT molecular complexity index is 112. The molecule has 0 saturated heterocycles. The van der Waals surface area contributed by atoms with Crippen molar-refractivity contribution in [1.29, 1.82) is 0 Å². The maximum atomic E-state index is 3.25. The van der Waals surface area contributed by atoms with Gasteiger partial charge in [-0.2, -0.15) is 0 Å². The Kier molecular flexibility index (Phi) is 7.38. The fourth-order valence-electron chi connectivity index (χ4n) is 1.17. The van der Waals surface area contributed by atoms with Gasteiger partial charge >= 0.3 is 0 Å². The molecule has 0 heterocycles. The number of hydrogen-bond donors (Lipinski definition) is 1. The Morgan fingerprint density at radius 3 is 2.55 bits per heavy atom. The van der Waals surface area contributed by atoms with Crippen LogP contribution in [0, 0.1) is 5.92 Å². The monoisotopic (exact) mass is 267 g/mol. The largest absolute Gasteiger partial charge is 0.258 e. The highest BCUT2D eigenvalue weighted by molar-refractivity contribution is 14.1. The third-order valence-electron chi connectivity index (χ3n) is 1.88. The van der Waals surface area contributed by atoms with Crippen LogP contribution in [0.2, 0.25) is 0 Å². The van der Waals surface area contributed by atoms with Gasteiger partial charge < -0.3 is 0 Å². The standard InChI is InChI=1S/C9H18IN/c1-4-6-9(7-5-2)8(3)11-10/h4,6,8-9,11H,5,7H2,1-3H3/b6-4-. The molecule has 0 amide bonds. The molecule has 0 bridgehead atoms. The molecule has 0 spiro atoms. The first kappa shape index (κ1) is 11.4. The molecular weight excluding hydrogens is 249 g/mol. The zero-order chi connectivity index (χ0) is 8.69. The summed E-state index contributed by atoms with van der Waals surface area (Å²) in [6.07, 6.45) is 6.98. The molecular formula is C9H18IN. The van der Waals surface area contributed by atoms with Gasteiger partial charge in [-0.3, -0.25) is 3.53 Å². The van der Waals surface area contributed by atoms with Gasteiger partial charge in [0.15, 0.2) is 0 Å². The summed E-state index contributed by atoms with van der Waals surface area (Å²) in [7, 11) is 0. The zero-order valence-corrected chi connectivity index (χ0v) is 9.76. The van der Waals surface area contributed by atoms with Crippen molar-refractivity contribution in [3.05, 3.63) is 12.2 Å². The van der Waals surface area contributed by atoms with Gasteiger partial charge in [-0.1, -0.05) is 25.5 Å². The van der Waals surface area contributed by atoms with Crippen molar-refractivity contribution in [2.75, 3.05) is 0 Å². The predicted octanol–water partition coefficient (Wildman–Crippen LogP) is 3.31. The van der Waals surface area contributed by atoms with Crippen LogP contribution in [0.25, 0.3) is 0 Å². The topological polar surface area (TPSA) is 12.0 Å². The highest BCUT2D eigenvalue weighted by Gasteiger charge is 2.10. The highest BCUT2D eigenvalue weighted by atomic mass is 127. The average Bonchev–Trinajstić information content (AvgIpc) is 2.03. The number of halogens is 1. The van der Waals surface area contributed by atoms with Crippen LogP contribution in [-0.4, -0.2) is 6.04 Å². The summed E-state index contributed by atoms with van der Waals surface area (Å²) >= 11 is 2.22. The SMILES string of the molecule is C/C=C\C(CCC)C(C)NI. The third kappa shape index (κ3) is 4.80. The van der Waals surface area contributed by atoms with E-state index in [0.717, 1.165) is 0 Å². The first-order chi connectivity index (χ1) is 5.26. The molecule has 0 fully saturated rings. The summed E-state index contributed by atoms with van der Waals surface area (Å²) in [5.41, 5.74) is 0. The van der Waals surface area contributed by atoms with E-state index in [4.69, 9.17) is 0 Å². The van der Waals surface area contributed by atoms with Gasteiger partial charge in [-0.25, -0.2) is 0 Å². The summed E-state index contributed by atoms with van der Waals surface area (Å²) in [5.74, 6) is 0.696. The molecule has 0 aromatic carbocycles. The van der Waals surface area contributed by atoms with Gasteiger partial charge in [0, 0.05) is 28.9 Å². The van der Waals surface area contributed by atoms with Crippen LogP contribution < -0.4 is 3.53 Å². The van der Waals surface area contributed by atoms with Crippen LogP contribution in [-0.2, 0) is 0 Å². The summed E-state index contributed by atoms with van der Waals surface area (Å²) in [6.45, 7) is 6.55. The van der Waals surface area contributed by atoms with Gasteiger partial charge in [0.2, 0.25) is 0 Å². The van der Waals surface area contributed by atoms with Crippen LogP contribution in [0.4, 0.5) is 0 Å². The molecule has 66 valence electrons. The van der Waals surface area contributed by atoms with Gasteiger partial charge in [-0.05, 0) is 26.2 Å². The van der Waals surface area contributed by atoms with E-state index in [1.165, 1.54) is 12.8 Å². The van der Waals surface area contributed by atoms with Gasteiger partial charge in [0.1, 0.15) is 0 Å². The van der Waals surface area contributed by atoms with Gasteiger partial charge in [0.25, 0.3) is 0 Å². The Hall–Kier alpha value is 0.430. The second kappa shape index (κ2) is 7.10. The lowest BCUT2D eigenvalue weighted by molar-refractivity contribution is 0.479. The molecule has 0 aliphatic carbocycles. The van der Waals surface area contributed by atoms with E-state index in [2.05, 4.69) is 59.3 Å². The maximum Gasteiger partial charge on any atom is 0.0197 e. The normalized spacial score (nSPS) is 17.1. The van der Waals surface area contributed by atoms with Crippen LogP contribution in [0.15, 0.2) is 12.2 Å². The van der Waals surface area contributed by atoms with E-state index in [9.17, 15) is 0 Å². The molecule has 2 heteroatoms. The Morgan fingerprint density at radius 1 is 1.55 bits per heavy atom. The third-order valence-corrected chi connectivity index (χ3v) is 2.86. The van der Waals surface area contributed by atoms with Crippen molar-refractivity contribution in [3.8, 4) is 0 Å². The van der Waals surface area contributed by atoms with E-state index in [1.807, 2.05) is 0 Å². The van der Waals surface area contributed by atoms with E-state index >= 15 is 0 Å². The minimum Gasteiger partial charge on any atom is -0.258 e. The molecule has 2 atom stereocenters. The molecule has 0 rings (SSSR count). The molecule has 2 unspecified atom stereocenters. The summed E-state index contributed by atoms with van der Waals surface area (Å²) in [4.78, 5) is 0. The predicted molar refractivity (Wildman–Crippen MR) is 59.8 cm³/mol. The average molecular weight is 267 g/mol. The molecule has 0 aliphatic heterocycles. The van der Waals surface area contributed by atoms with E-state index in [0.29, 0.717) is 12.0 Å². The van der Waals surface area contributed by atoms with Crippen LogP contribution in [0.5, 0.6) is 0 Å². The van der Waals surface area contributed by atoms with Crippen molar-refractivity contribution in [1.82, 2.24) is 3.53 Å². The van der Waals surface area contributed by atoms with Gasteiger partial charge in [0.05, 0.1) is 0 Å². The Morgan fingerprint density at radius 2 is 2.18 bits per heavy atom. The van der Waals surface area contributed by atoms with Crippen LogP contribution >= 0.6 is 22.9 Å². The number of allylic oxidation sites excluding steroid dienone is 1. The molecule has 1 nitrogen and oxygen atoms in total. The quantitative estimate of drug-likeness (QED) is 0.458. The molecule has 1 N–H and O–H groups in total. The van der Waals surface area contributed by atoms with Crippen molar-refractivity contribution in [2.45, 2.75) is 39.7 Å². The van der Waals surface area contributed by atoms with Crippen molar-refractivity contribution in [3.63, 3.8) is 0 Å². The minimum atomic E-state index is 0.590. The lowest BCUT2D eigenvalue weighted by Crippen LogP contribution is -2.24. The van der Waals surface area contributed by atoms with Crippen molar-refractivity contribution in [2.24, 2.45) is 5.92 Å². The lowest BCUT2D eigenvalue weighted by Gasteiger charge is -2.18. The smallest absolute Gasteiger partial charge is 0.0197 e. The number of rotatable bonds is 5. The first-order valence-corrected chi connectivity index (χ1v) is 5.33. The second-order valence-corrected chi connectivity index (χ2v) is 3.50. The van der Waals surface area contributed by atoms with E-state index in [1.54, 1.807) is 0 Å². The Balaban J connectivity index is 3.86. The van der Waals surface area contributed by atoms with E-state index < -0.39 is 0 Å². The van der Waals surface area contributed by atoms with Crippen LogP contribution in [0.3, 0.4) is 0 Å². The number of hydrogen-bond acceptors (Lipinski definition) is 1. The fourth-order valence-corrected chi connectivity index (χ4v) is 1.64. The lowest BCUT2D eigenvalue weighted by atomic mass is 9.96. The van der Waals surface area contributed by atoms with Crippen molar-refractivity contribution >= 4 is 22.9 Å². The summed E-state index contributed by atoms with van der Waals surface area (Å²) in [6, 6.07) is 0.590. The van der Waals surface area contributed by atoms with Crippen molar-refractivity contribution < 1.29 is 0 Å². The molecule has 0 aliphatic rings.